The van der Waals surface area contributed by atoms with Gasteiger partial charge in [0.1, 0.15) is 5.75 Å². The topological polar surface area (TPSA) is 63.6 Å². The van der Waals surface area contributed by atoms with Crippen LogP contribution in [0.25, 0.3) is 0 Å². The first-order chi connectivity index (χ1) is 14.9. The zero-order valence-electron chi connectivity index (χ0n) is 20.2. The second-order valence-electron chi connectivity index (χ2n) is 8.93. The molecule has 0 heterocycles. The normalized spacial score (nSPS) is 12.8. The summed E-state index contributed by atoms with van der Waals surface area (Å²) in [4.78, 5) is 0. The van der Waals surface area contributed by atoms with E-state index in [2.05, 4.69) is 26.0 Å². The Bertz CT molecular complexity index is 685. The van der Waals surface area contributed by atoms with Gasteiger partial charge in [0.15, 0.2) is 0 Å². The summed E-state index contributed by atoms with van der Waals surface area (Å²) in [5.41, 5.74) is 2.81. The van der Waals surface area contributed by atoms with Crippen molar-refractivity contribution in [3.05, 3.63) is 29.3 Å². The van der Waals surface area contributed by atoms with Crippen LogP contribution in [-0.4, -0.2) is 24.8 Å². The maximum Gasteiger partial charge on any atom is 0.267 e. The molecule has 0 bridgehead atoms. The molecule has 31 heavy (non-hydrogen) atoms. The summed E-state index contributed by atoms with van der Waals surface area (Å²) in [6.45, 7) is 6.29. The van der Waals surface area contributed by atoms with E-state index in [1.54, 1.807) is 0 Å². The van der Waals surface area contributed by atoms with Gasteiger partial charge in [0.2, 0.25) is 0 Å². The quantitative estimate of drug-likeness (QED) is 0.173. The minimum atomic E-state index is -3.99. The highest BCUT2D eigenvalue weighted by atomic mass is 32.2. The van der Waals surface area contributed by atoms with Gasteiger partial charge in [-0.25, -0.2) is 0 Å². The summed E-state index contributed by atoms with van der Waals surface area (Å²) in [6, 6.07) is 6.35. The van der Waals surface area contributed by atoms with Crippen molar-refractivity contribution in [1.29, 1.82) is 0 Å². The smallest absolute Gasteiger partial charge is 0.267 e. The van der Waals surface area contributed by atoms with Gasteiger partial charge in [-0.2, -0.15) is 8.42 Å². The number of hydrogen-bond acceptors (Lipinski definition) is 3. The lowest BCUT2D eigenvalue weighted by Gasteiger charge is -2.14. The van der Waals surface area contributed by atoms with E-state index in [0.29, 0.717) is 0 Å². The van der Waals surface area contributed by atoms with Crippen LogP contribution in [0, 0.1) is 0 Å². The Morgan fingerprint density at radius 1 is 0.806 bits per heavy atom. The van der Waals surface area contributed by atoms with Gasteiger partial charge in [-0.05, 0) is 55.9 Å². The zero-order valence-corrected chi connectivity index (χ0v) is 21.0. The van der Waals surface area contributed by atoms with Crippen molar-refractivity contribution in [2.24, 2.45) is 0 Å². The monoisotopic (exact) mass is 454 g/mol. The summed E-state index contributed by atoms with van der Waals surface area (Å²) in [5.74, 6) is 0.801. The lowest BCUT2D eigenvalue weighted by atomic mass is 9.96. The number of benzene rings is 1. The van der Waals surface area contributed by atoms with Gasteiger partial charge in [-0.3, -0.25) is 4.55 Å². The molecule has 0 saturated carbocycles. The molecule has 0 fully saturated rings. The third-order valence-electron chi connectivity index (χ3n) is 6.08. The Morgan fingerprint density at radius 2 is 1.32 bits per heavy atom. The van der Waals surface area contributed by atoms with Crippen LogP contribution in [0.1, 0.15) is 115 Å². The van der Waals surface area contributed by atoms with Crippen molar-refractivity contribution in [1.82, 2.24) is 0 Å². The first kappa shape index (κ1) is 28.0. The van der Waals surface area contributed by atoms with E-state index >= 15 is 0 Å². The summed E-state index contributed by atoms with van der Waals surface area (Å²) in [6.07, 6.45) is 18.0. The first-order valence-electron chi connectivity index (χ1n) is 12.6. The molecule has 0 aliphatic carbocycles. The molecule has 1 aromatic rings. The van der Waals surface area contributed by atoms with Crippen LogP contribution >= 0.6 is 0 Å². The van der Waals surface area contributed by atoms with Crippen molar-refractivity contribution >= 4 is 10.1 Å². The van der Waals surface area contributed by atoms with Crippen molar-refractivity contribution in [3.8, 4) is 5.75 Å². The van der Waals surface area contributed by atoms with Gasteiger partial charge in [-0.15, -0.1) is 0 Å². The lowest BCUT2D eigenvalue weighted by Crippen LogP contribution is -2.19. The van der Waals surface area contributed by atoms with Crippen LogP contribution in [0.15, 0.2) is 18.2 Å². The fourth-order valence-corrected chi connectivity index (χ4v) is 4.25. The van der Waals surface area contributed by atoms with Gasteiger partial charge in [0.25, 0.3) is 10.1 Å². The van der Waals surface area contributed by atoms with Gasteiger partial charge >= 0.3 is 0 Å². The second kappa shape index (κ2) is 16.5. The SMILES string of the molecule is CCCCCCCCc1ccc(OCCC(C)S(=O)(=O)O)cc1CCCCCCCC. The van der Waals surface area contributed by atoms with Crippen LogP contribution in [0.3, 0.4) is 0 Å². The molecule has 0 spiro atoms. The molecule has 0 saturated heterocycles. The van der Waals surface area contributed by atoms with Gasteiger partial charge in [0.05, 0.1) is 11.9 Å². The number of unbranched alkanes of at least 4 members (excludes halogenated alkanes) is 10. The first-order valence-corrected chi connectivity index (χ1v) is 14.1. The minimum Gasteiger partial charge on any atom is -0.494 e. The molecule has 180 valence electrons. The van der Waals surface area contributed by atoms with E-state index in [1.807, 2.05) is 6.07 Å². The Balaban J connectivity index is 2.61. The number of aryl methyl sites for hydroxylation is 2. The van der Waals surface area contributed by atoms with Crippen LogP contribution in [0.4, 0.5) is 0 Å². The second-order valence-corrected chi connectivity index (χ2v) is 10.8. The van der Waals surface area contributed by atoms with Crippen molar-refractivity contribution in [2.75, 3.05) is 6.61 Å². The molecule has 1 unspecified atom stereocenters. The fraction of sp³-hybridized carbons (Fsp3) is 0.769. The Morgan fingerprint density at radius 3 is 1.87 bits per heavy atom. The molecule has 0 radical (unpaired) electrons. The average Bonchev–Trinajstić information content (AvgIpc) is 2.73. The van der Waals surface area contributed by atoms with Gasteiger partial charge < -0.3 is 4.74 Å². The molecule has 1 atom stereocenters. The highest BCUT2D eigenvalue weighted by molar-refractivity contribution is 7.86. The molecule has 0 aliphatic heterocycles. The third-order valence-corrected chi connectivity index (χ3v) is 7.33. The van der Waals surface area contributed by atoms with E-state index in [9.17, 15) is 8.42 Å². The summed E-state index contributed by atoms with van der Waals surface area (Å²) in [5, 5.41) is -0.804. The van der Waals surface area contributed by atoms with E-state index in [4.69, 9.17) is 9.29 Å². The molecule has 0 aromatic heterocycles. The lowest BCUT2D eigenvalue weighted by molar-refractivity contribution is 0.306. The Labute approximate surface area is 191 Å². The molecule has 1 rings (SSSR count). The number of ether oxygens (including phenoxy) is 1. The van der Waals surface area contributed by atoms with E-state index in [0.717, 1.165) is 18.6 Å². The molecular weight excluding hydrogens is 408 g/mol. The Hall–Kier alpha value is -1.07. The maximum atomic E-state index is 11.2. The summed E-state index contributed by atoms with van der Waals surface area (Å²) < 4.78 is 37.3. The summed E-state index contributed by atoms with van der Waals surface area (Å²) >= 11 is 0. The largest absolute Gasteiger partial charge is 0.494 e. The highest BCUT2D eigenvalue weighted by Crippen LogP contribution is 2.23. The van der Waals surface area contributed by atoms with Gasteiger partial charge in [-0.1, -0.05) is 84.1 Å². The molecule has 0 amide bonds. The van der Waals surface area contributed by atoms with Crippen LogP contribution in [0.5, 0.6) is 5.75 Å². The van der Waals surface area contributed by atoms with Crippen molar-refractivity contribution in [3.63, 3.8) is 0 Å². The fourth-order valence-electron chi connectivity index (χ4n) is 3.85. The predicted molar refractivity (Wildman–Crippen MR) is 132 cm³/mol. The van der Waals surface area contributed by atoms with Crippen molar-refractivity contribution in [2.45, 2.75) is 122 Å². The van der Waals surface area contributed by atoms with Gasteiger partial charge in [0, 0.05) is 6.42 Å². The third kappa shape index (κ3) is 13.2. The van der Waals surface area contributed by atoms with Crippen molar-refractivity contribution < 1.29 is 17.7 Å². The molecule has 4 nitrogen and oxygen atoms in total. The van der Waals surface area contributed by atoms with Crippen LogP contribution < -0.4 is 4.74 Å². The number of rotatable bonds is 19. The molecule has 5 heteroatoms. The van der Waals surface area contributed by atoms with Crippen LogP contribution in [-0.2, 0) is 23.0 Å². The molecular formula is C26H46O4S. The molecule has 1 N–H and O–H groups in total. The maximum absolute atomic E-state index is 11.2. The van der Waals surface area contributed by atoms with E-state index < -0.39 is 15.4 Å². The predicted octanol–water partition coefficient (Wildman–Crippen LogP) is 7.54. The van der Waals surface area contributed by atoms with E-state index in [-0.39, 0.29) is 13.0 Å². The standard InChI is InChI=1S/C26H46O4S/c1-4-6-8-10-12-14-16-24-18-19-26(30-21-20-23(3)31(27,28)29)22-25(24)17-15-13-11-9-7-5-2/h18-19,22-23H,4-17,20-21H2,1-3H3,(H,27,28,29). The van der Waals surface area contributed by atoms with Crippen LogP contribution in [0.2, 0.25) is 0 Å². The zero-order chi connectivity index (χ0) is 23.0. The Kier molecular flexibility index (Phi) is 14.9. The highest BCUT2D eigenvalue weighted by Gasteiger charge is 2.17. The summed E-state index contributed by atoms with van der Waals surface area (Å²) in [7, 11) is -3.99. The average molecular weight is 455 g/mol. The van der Waals surface area contributed by atoms with E-state index in [1.165, 1.54) is 95.1 Å². The molecule has 1 aromatic carbocycles. The minimum absolute atomic E-state index is 0.283. The number of hydrogen-bond donors (Lipinski definition) is 1. The molecule has 0 aliphatic rings.